The number of para-hydroxylation sites is 1. The van der Waals surface area contributed by atoms with Crippen LogP contribution < -0.4 is 10.6 Å². The van der Waals surface area contributed by atoms with Crippen molar-refractivity contribution in [2.24, 2.45) is 5.92 Å². The molecule has 1 saturated heterocycles. The van der Waals surface area contributed by atoms with Gasteiger partial charge in [-0.15, -0.1) is 0 Å². The van der Waals surface area contributed by atoms with E-state index in [2.05, 4.69) is 15.7 Å². The van der Waals surface area contributed by atoms with Crippen LogP contribution in [0.25, 0.3) is 5.69 Å². The zero-order valence-electron chi connectivity index (χ0n) is 12.2. The molecule has 5 nitrogen and oxygen atoms in total. The van der Waals surface area contributed by atoms with Gasteiger partial charge < -0.3 is 10.6 Å². The van der Waals surface area contributed by atoms with Crippen LogP contribution in [0.4, 0.5) is 5.82 Å². The molecule has 1 aromatic carbocycles. The van der Waals surface area contributed by atoms with Gasteiger partial charge in [0.05, 0.1) is 11.9 Å². The molecule has 2 N–H and O–H groups in total. The number of anilines is 1. The van der Waals surface area contributed by atoms with Crippen molar-refractivity contribution in [1.29, 1.82) is 0 Å². The van der Waals surface area contributed by atoms with E-state index in [1.165, 1.54) is 0 Å². The van der Waals surface area contributed by atoms with Crippen LogP contribution >= 0.6 is 0 Å². The van der Waals surface area contributed by atoms with Crippen LogP contribution in [-0.4, -0.2) is 28.8 Å². The molecule has 3 rings (SSSR count). The second-order valence-corrected chi connectivity index (χ2v) is 5.43. The van der Waals surface area contributed by atoms with Gasteiger partial charge in [0.25, 0.3) is 0 Å². The van der Waals surface area contributed by atoms with Crippen LogP contribution in [0, 0.1) is 12.8 Å². The predicted octanol–water partition coefficient (Wildman–Crippen LogP) is 2.12. The highest BCUT2D eigenvalue weighted by Crippen LogP contribution is 2.20. The molecule has 0 atom stereocenters. The first-order chi connectivity index (χ1) is 10.3. The number of piperidine rings is 1. The Morgan fingerprint density at radius 2 is 2.05 bits per heavy atom. The summed E-state index contributed by atoms with van der Waals surface area (Å²) in [4.78, 5) is 12.4. The van der Waals surface area contributed by atoms with Crippen molar-refractivity contribution in [2.75, 3.05) is 18.4 Å². The molecule has 0 spiro atoms. The topological polar surface area (TPSA) is 59.0 Å². The van der Waals surface area contributed by atoms with Crippen molar-refractivity contribution in [2.45, 2.75) is 19.8 Å². The largest absolute Gasteiger partial charge is 0.317 e. The Balaban J connectivity index is 1.80. The van der Waals surface area contributed by atoms with Crippen molar-refractivity contribution >= 4 is 11.7 Å². The Hall–Kier alpha value is -2.14. The molecule has 1 amide bonds. The molecule has 0 saturated carbocycles. The minimum atomic E-state index is 0.0893. The number of hydrogen-bond donors (Lipinski definition) is 2. The number of carbonyl (C=O) groups is 1. The van der Waals surface area contributed by atoms with Gasteiger partial charge in [-0.05, 0) is 44.5 Å². The van der Waals surface area contributed by atoms with Gasteiger partial charge in [0.15, 0.2) is 0 Å². The quantitative estimate of drug-likeness (QED) is 0.907. The van der Waals surface area contributed by atoms with Crippen molar-refractivity contribution in [3.63, 3.8) is 0 Å². The highest BCUT2D eigenvalue weighted by Gasteiger charge is 2.22. The van der Waals surface area contributed by atoms with E-state index in [-0.39, 0.29) is 11.8 Å². The standard InChI is InChI=1S/C16H20N4O/c1-12-4-2-3-5-14(12)20-15(8-11-18-20)19-16(21)13-6-9-17-10-7-13/h2-5,8,11,13,17H,6-7,9-10H2,1H3,(H,19,21). The van der Waals surface area contributed by atoms with E-state index in [0.717, 1.165) is 43.0 Å². The van der Waals surface area contributed by atoms with Gasteiger partial charge in [0.1, 0.15) is 5.82 Å². The minimum absolute atomic E-state index is 0.0893. The van der Waals surface area contributed by atoms with Crippen molar-refractivity contribution in [3.05, 3.63) is 42.1 Å². The highest BCUT2D eigenvalue weighted by atomic mass is 16.2. The first kappa shape index (κ1) is 13.8. The summed E-state index contributed by atoms with van der Waals surface area (Å²) in [6, 6.07) is 9.85. The van der Waals surface area contributed by atoms with Crippen LogP contribution in [0.2, 0.25) is 0 Å². The number of hydrogen-bond acceptors (Lipinski definition) is 3. The first-order valence-electron chi connectivity index (χ1n) is 7.37. The number of amides is 1. The normalized spacial score (nSPS) is 15.9. The molecule has 1 aliphatic rings. The van der Waals surface area contributed by atoms with E-state index in [1.54, 1.807) is 10.9 Å². The molecule has 1 fully saturated rings. The summed E-state index contributed by atoms with van der Waals surface area (Å²) in [6.07, 6.45) is 3.50. The Kier molecular flexibility index (Phi) is 4.01. The molecule has 5 heteroatoms. The minimum Gasteiger partial charge on any atom is -0.317 e. The van der Waals surface area contributed by atoms with E-state index in [4.69, 9.17) is 0 Å². The zero-order valence-corrected chi connectivity index (χ0v) is 12.2. The predicted molar refractivity (Wildman–Crippen MR) is 82.5 cm³/mol. The molecule has 2 aromatic rings. The second-order valence-electron chi connectivity index (χ2n) is 5.43. The molecule has 0 unspecified atom stereocenters. The fourth-order valence-corrected chi connectivity index (χ4v) is 2.70. The maximum Gasteiger partial charge on any atom is 0.228 e. The number of nitrogens with one attached hydrogen (secondary N) is 2. The Labute approximate surface area is 124 Å². The molecular weight excluding hydrogens is 264 g/mol. The van der Waals surface area contributed by atoms with Crippen LogP contribution in [0.5, 0.6) is 0 Å². The fourth-order valence-electron chi connectivity index (χ4n) is 2.70. The van der Waals surface area contributed by atoms with Crippen LogP contribution in [0.3, 0.4) is 0 Å². The third-order valence-corrected chi connectivity index (χ3v) is 3.95. The van der Waals surface area contributed by atoms with E-state index in [1.807, 2.05) is 37.3 Å². The molecule has 1 aliphatic heterocycles. The van der Waals surface area contributed by atoms with E-state index in [9.17, 15) is 4.79 Å². The van der Waals surface area contributed by atoms with Gasteiger partial charge >= 0.3 is 0 Å². The smallest absolute Gasteiger partial charge is 0.228 e. The fraction of sp³-hybridized carbons (Fsp3) is 0.375. The maximum absolute atomic E-state index is 12.4. The second kappa shape index (κ2) is 6.10. The summed E-state index contributed by atoms with van der Waals surface area (Å²) in [7, 11) is 0. The molecule has 0 aliphatic carbocycles. The number of benzene rings is 1. The Bertz CT molecular complexity index is 629. The molecule has 2 heterocycles. The summed E-state index contributed by atoms with van der Waals surface area (Å²) in [5, 5.41) is 10.6. The summed E-state index contributed by atoms with van der Waals surface area (Å²) in [5.41, 5.74) is 2.11. The molecule has 0 bridgehead atoms. The van der Waals surface area contributed by atoms with Gasteiger partial charge in [0, 0.05) is 12.0 Å². The third-order valence-electron chi connectivity index (χ3n) is 3.95. The zero-order chi connectivity index (χ0) is 14.7. The lowest BCUT2D eigenvalue weighted by Gasteiger charge is -2.22. The molecule has 21 heavy (non-hydrogen) atoms. The highest BCUT2D eigenvalue weighted by molar-refractivity contribution is 5.92. The number of aryl methyl sites for hydroxylation is 1. The average Bonchev–Trinajstić information content (AvgIpc) is 2.96. The number of nitrogens with zero attached hydrogens (tertiary/aromatic N) is 2. The summed E-state index contributed by atoms with van der Waals surface area (Å²) in [5.74, 6) is 0.908. The lowest BCUT2D eigenvalue weighted by Crippen LogP contribution is -2.35. The third kappa shape index (κ3) is 2.97. The first-order valence-corrected chi connectivity index (χ1v) is 7.37. The van der Waals surface area contributed by atoms with E-state index < -0.39 is 0 Å². The molecule has 110 valence electrons. The van der Waals surface area contributed by atoms with Crippen molar-refractivity contribution in [3.8, 4) is 5.69 Å². The number of carbonyl (C=O) groups excluding carboxylic acids is 1. The SMILES string of the molecule is Cc1ccccc1-n1nccc1NC(=O)C1CCNCC1. The van der Waals surface area contributed by atoms with Gasteiger partial charge in [-0.1, -0.05) is 18.2 Å². The summed E-state index contributed by atoms with van der Waals surface area (Å²) >= 11 is 0. The molecule has 0 radical (unpaired) electrons. The van der Waals surface area contributed by atoms with E-state index >= 15 is 0 Å². The van der Waals surface area contributed by atoms with Crippen molar-refractivity contribution in [1.82, 2.24) is 15.1 Å². The van der Waals surface area contributed by atoms with Crippen LogP contribution in [-0.2, 0) is 4.79 Å². The maximum atomic E-state index is 12.4. The Morgan fingerprint density at radius 3 is 2.81 bits per heavy atom. The van der Waals surface area contributed by atoms with Gasteiger partial charge in [-0.25, -0.2) is 4.68 Å². The van der Waals surface area contributed by atoms with Gasteiger partial charge in [0.2, 0.25) is 5.91 Å². The molecule has 1 aromatic heterocycles. The summed E-state index contributed by atoms with van der Waals surface area (Å²) < 4.78 is 1.79. The monoisotopic (exact) mass is 284 g/mol. The van der Waals surface area contributed by atoms with Gasteiger partial charge in [-0.3, -0.25) is 4.79 Å². The van der Waals surface area contributed by atoms with Crippen LogP contribution in [0.1, 0.15) is 18.4 Å². The van der Waals surface area contributed by atoms with Crippen molar-refractivity contribution < 1.29 is 4.79 Å². The van der Waals surface area contributed by atoms with Crippen LogP contribution in [0.15, 0.2) is 36.5 Å². The van der Waals surface area contributed by atoms with Gasteiger partial charge in [-0.2, -0.15) is 5.10 Å². The van der Waals surface area contributed by atoms with E-state index in [0.29, 0.717) is 0 Å². The lowest BCUT2D eigenvalue weighted by molar-refractivity contribution is -0.120. The number of rotatable bonds is 3. The Morgan fingerprint density at radius 1 is 1.29 bits per heavy atom. The molecular formula is C16H20N4O. The number of aromatic nitrogens is 2. The lowest BCUT2D eigenvalue weighted by atomic mass is 9.97. The average molecular weight is 284 g/mol. The summed E-state index contributed by atoms with van der Waals surface area (Å²) in [6.45, 7) is 3.86.